The Bertz CT molecular complexity index is 1380. The quantitative estimate of drug-likeness (QED) is 0.351. The first-order chi connectivity index (χ1) is 20.2. The van der Waals surface area contributed by atoms with Gasteiger partial charge >= 0.3 is 6.03 Å². The first-order valence-electron chi connectivity index (χ1n) is 13.9. The molecule has 4 amide bonds. The standard InChI is InChI=1S/C32H38N4O6/c1-21-18-36(22(2)20-37)31(39)27-17-25(33-30(38)16-23-8-6-5-7-9-23)12-15-28(27)42-29(21)19-35(3)32(40)34-24-10-13-26(41-4)14-11-24/h5-15,17,21-22,29,37H,16,18-20H2,1-4H3,(H,33,38)(H,34,40)/t21-,22-,29-/m0/s1. The Kier molecular flexibility index (Phi) is 10.0. The van der Waals surface area contributed by atoms with Gasteiger partial charge in [0.15, 0.2) is 0 Å². The summed E-state index contributed by atoms with van der Waals surface area (Å²) >= 11 is 0. The van der Waals surface area contributed by atoms with Gasteiger partial charge in [0.2, 0.25) is 5.91 Å². The second-order valence-electron chi connectivity index (χ2n) is 10.6. The maximum Gasteiger partial charge on any atom is 0.321 e. The number of aliphatic hydroxyl groups is 1. The van der Waals surface area contributed by atoms with Crippen LogP contribution >= 0.6 is 0 Å². The van der Waals surface area contributed by atoms with Crippen molar-refractivity contribution in [2.24, 2.45) is 5.92 Å². The molecule has 1 aliphatic rings. The summed E-state index contributed by atoms with van der Waals surface area (Å²) in [5, 5.41) is 15.7. The van der Waals surface area contributed by atoms with Crippen LogP contribution in [0.5, 0.6) is 11.5 Å². The van der Waals surface area contributed by atoms with Crippen LogP contribution in [0.4, 0.5) is 16.2 Å². The molecule has 0 bridgehead atoms. The van der Waals surface area contributed by atoms with Crippen LogP contribution in [0.3, 0.4) is 0 Å². The highest BCUT2D eigenvalue weighted by Crippen LogP contribution is 2.31. The smallest absolute Gasteiger partial charge is 0.321 e. The number of methoxy groups -OCH3 is 1. The topological polar surface area (TPSA) is 120 Å². The number of likely N-dealkylation sites (N-methyl/N-ethyl adjacent to an activating group) is 1. The number of urea groups is 1. The molecule has 10 nitrogen and oxygen atoms in total. The SMILES string of the molecule is COc1ccc(NC(=O)N(C)C[C@@H]2Oc3ccc(NC(=O)Cc4ccccc4)cc3C(=O)N([C@@H](C)CO)C[C@@H]2C)cc1. The molecule has 222 valence electrons. The van der Waals surface area contributed by atoms with Gasteiger partial charge in [0, 0.05) is 30.9 Å². The molecule has 0 spiro atoms. The molecule has 3 aromatic rings. The lowest BCUT2D eigenvalue weighted by molar-refractivity contribution is -0.115. The first-order valence-corrected chi connectivity index (χ1v) is 13.9. The van der Waals surface area contributed by atoms with Gasteiger partial charge in [0.1, 0.15) is 17.6 Å². The number of fused-ring (bicyclic) bond motifs is 1. The highest BCUT2D eigenvalue weighted by atomic mass is 16.5. The minimum Gasteiger partial charge on any atom is -0.497 e. The predicted molar refractivity (Wildman–Crippen MR) is 161 cm³/mol. The van der Waals surface area contributed by atoms with Crippen molar-refractivity contribution < 1.29 is 29.0 Å². The van der Waals surface area contributed by atoms with Crippen molar-refractivity contribution >= 4 is 29.2 Å². The minimum atomic E-state index is -0.463. The van der Waals surface area contributed by atoms with Gasteiger partial charge in [-0.15, -0.1) is 0 Å². The second-order valence-corrected chi connectivity index (χ2v) is 10.6. The Hall–Kier alpha value is -4.57. The zero-order valence-electron chi connectivity index (χ0n) is 24.4. The third kappa shape index (κ3) is 7.58. The van der Waals surface area contributed by atoms with E-state index in [9.17, 15) is 19.5 Å². The largest absolute Gasteiger partial charge is 0.497 e. The summed E-state index contributed by atoms with van der Waals surface area (Å²) in [7, 11) is 3.26. The molecule has 3 N–H and O–H groups in total. The number of nitrogens with one attached hydrogen (secondary N) is 2. The molecular weight excluding hydrogens is 536 g/mol. The lowest BCUT2D eigenvalue weighted by Gasteiger charge is -2.38. The number of nitrogens with zero attached hydrogens (tertiary/aromatic N) is 2. The van der Waals surface area contributed by atoms with E-state index in [2.05, 4.69) is 10.6 Å². The van der Waals surface area contributed by atoms with E-state index < -0.39 is 12.1 Å². The fraction of sp³-hybridized carbons (Fsp3) is 0.344. The predicted octanol–water partition coefficient (Wildman–Crippen LogP) is 4.26. The number of ether oxygens (including phenoxy) is 2. The summed E-state index contributed by atoms with van der Waals surface area (Å²) in [6.07, 6.45) is -0.268. The zero-order valence-corrected chi connectivity index (χ0v) is 24.4. The lowest BCUT2D eigenvalue weighted by Crippen LogP contribution is -2.50. The van der Waals surface area contributed by atoms with Gasteiger partial charge in [0.05, 0.1) is 38.3 Å². The van der Waals surface area contributed by atoms with Crippen molar-refractivity contribution in [3.05, 3.63) is 83.9 Å². The van der Waals surface area contributed by atoms with E-state index in [0.717, 1.165) is 5.56 Å². The first kappa shape index (κ1) is 30.4. The summed E-state index contributed by atoms with van der Waals surface area (Å²) in [5.74, 6) is 0.347. The van der Waals surface area contributed by atoms with Gasteiger partial charge in [-0.25, -0.2) is 4.79 Å². The molecule has 1 aliphatic heterocycles. The van der Waals surface area contributed by atoms with Gasteiger partial charge < -0.3 is 35.0 Å². The van der Waals surface area contributed by atoms with Gasteiger partial charge in [-0.3, -0.25) is 9.59 Å². The molecule has 0 saturated heterocycles. The van der Waals surface area contributed by atoms with E-state index in [4.69, 9.17) is 9.47 Å². The maximum atomic E-state index is 13.7. The maximum absolute atomic E-state index is 13.7. The summed E-state index contributed by atoms with van der Waals surface area (Å²) < 4.78 is 11.5. The third-order valence-electron chi connectivity index (χ3n) is 7.30. The molecule has 0 saturated carbocycles. The van der Waals surface area contributed by atoms with E-state index in [1.54, 1.807) is 68.4 Å². The van der Waals surface area contributed by atoms with Crippen molar-refractivity contribution in [3.8, 4) is 11.5 Å². The Morgan fingerprint density at radius 1 is 1.07 bits per heavy atom. The van der Waals surface area contributed by atoms with Crippen molar-refractivity contribution in [2.75, 3.05) is 44.5 Å². The number of hydrogen-bond donors (Lipinski definition) is 3. The fourth-order valence-corrected chi connectivity index (χ4v) is 4.75. The zero-order chi connectivity index (χ0) is 30.2. The van der Waals surface area contributed by atoms with Crippen LogP contribution in [0.15, 0.2) is 72.8 Å². The Morgan fingerprint density at radius 3 is 2.43 bits per heavy atom. The number of carbonyl (C=O) groups excluding carboxylic acids is 3. The Balaban J connectivity index is 1.53. The molecule has 1 heterocycles. The summed E-state index contributed by atoms with van der Waals surface area (Å²) in [4.78, 5) is 42.5. The van der Waals surface area contributed by atoms with Crippen LogP contribution in [-0.4, -0.2) is 78.8 Å². The second kappa shape index (κ2) is 13.9. The van der Waals surface area contributed by atoms with Crippen molar-refractivity contribution in [1.29, 1.82) is 0 Å². The van der Waals surface area contributed by atoms with Gasteiger partial charge in [0.25, 0.3) is 5.91 Å². The van der Waals surface area contributed by atoms with Crippen LogP contribution in [-0.2, 0) is 11.2 Å². The molecule has 4 rings (SSSR count). The lowest BCUT2D eigenvalue weighted by atomic mass is 9.99. The molecule has 3 atom stereocenters. The van der Waals surface area contributed by atoms with Crippen molar-refractivity contribution in [3.63, 3.8) is 0 Å². The molecule has 0 aromatic heterocycles. The summed E-state index contributed by atoms with van der Waals surface area (Å²) in [5.41, 5.74) is 2.24. The molecule has 42 heavy (non-hydrogen) atoms. The molecular formula is C32H38N4O6. The number of amides is 4. The monoisotopic (exact) mass is 574 g/mol. The van der Waals surface area contributed by atoms with Gasteiger partial charge in [-0.05, 0) is 55.0 Å². The number of hydrogen-bond acceptors (Lipinski definition) is 6. The van der Waals surface area contributed by atoms with E-state index in [1.165, 1.54) is 4.90 Å². The number of carbonyl (C=O) groups is 3. The number of aliphatic hydroxyl groups excluding tert-OH is 1. The molecule has 0 aliphatic carbocycles. The number of rotatable bonds is 9. The Labute approximate surface area is 246 Å². The Morgan fingerprint density at radius 2 is 1.76 bits per heavy atom. The fourth-order valence-electron chi connectivity index (χ4n) is 4.75. The van der Waals surface area contributed by atoms with Crippen LogP contribution in [0.1, 0.15) is 29.8 Å². The van der Waals surface area contributed by atoms with E-state index in [1.807, 2.05) is 37.3 Å². The van der Waals surface area contributed by atoms with Gasteiger partial charge in [-0.2, -0.15) is 0 Å². The van der Waals surface area contributed by atoms with E-state index >= 15 is 0 Å². The molecule has 0 radical (unpaired) electrons. The third-order valence-corrected chi connectivity index (χ3v) is 7.30. The highest BCUT2D eigenvalue weighted by molar-refractivity contribution is 6.00. The molecule has 3 aromatic carbocycles. The average Bonchev–Trinajstić information content (AvgIpc) is 2.99. The van der Waals surface area contributed by atoms with Crippen molar-refractivity contribution in [2.45, 2.75) is 32.4 Å². The van der Waals surface area contributed by atoms with Gasteiger partial charge in [-0.1, -0.05) is 37.3 Å². The normalized spacial score (nSPS) is 17.2. The highest BCUT2D eigenvalue weighted by Gasteiger charge is 2.34. The van der Waals surface area contributed by atoms with Crippen LogP contribution in [0.2, 0.25) is 0 Å². The van der Waals surface area contributed by atoms with Crippen LogP contribution < -0.4 is 20.1 Å². The van der Waals surface area contributed by atoms with Crippen molar-refractivity contribution in [1.82, 2.24) is 9.80 Å². The van der Waals surface area contributed by atoms with E-state index in [0.29, 0.717) is 29.4 Å². The number of benzene rings is 3. The molecule has 0 fully saturated rings. The minimum absolute atomic E-state index is 0.169. The van der Waals surface area contributed by atoms with E-state index in [-0.39, 0.29) is 48.9 Å². The summed E-state index contributed by atoms with van der Waals surface area (Å²) in [6.45, 7) is 4.07. The van der Waals surface area contributed by atoms with Crippen LogP contribution in [0, 0.1) is 5.92 Å². The average molecular weight is 575 g/mol. The molecule has 0 unspecified atom stereocenters. The molecule has 10 heteroatoms. The summed E-state index contributed by atoms with van der Waals surface area (Å²) in [6, 6.07) is 20.6. The number of anilines is 2. The van der Waals surface area contributed by atoms with Crippen LogP contribution in [0.25, 0.3) is 0 Å².